The normalized spacial score (nSPS) is 12.1. The maximum atomic E-state index is 9.77. The van der Waals surface area contributed by atoms with Gasteiger partial charge in [-0.1, -0.05) is 54.8 Å². The monoisotopic (exact) mass is 314 g/mol. The lowest BCUT2D eigenvalue weighted by Gasteiger charge is -2.33. The fraction of sp³-hybridized carbons (Fsp3) is 0.600. The Balaban J connectivity index is 3.02. The second-order valence-corrected chi connectivity index (χ2v) is 5.91. The number of aliphatic hydroxyl groups excluding tert-OH is 2. The molecule has 1 rings (SSSR count). The van der Waals surface area contributed by atoms with Gasteiger partial charge >= 0.3 is 0 Å². The van der Waals surface area contributed by atoms with E-state index in [2.05, 4.69) is 29.8 Å². The lowest BCUT2D eigenvalue weighted by Crippen LogP contribution is -2.37. The first-order chi connectivity index (χ1) is 8.61. The second kappa shape index (κ2) is 7.27. The van der Waals surface area contributed by atoms with E-state index in [0.29, 0.717) is 5.92 Å². The summed E-state index contributed by atoms with van der Waals surface area (Å²) in [5, 5.41) is 19.5. The molecule has 0 fully saturated rings. The van der Waals surface area contributed by atoms with Crippen LogP contribution in [0.4, 0.5) is 0 Å². The minimum absolute atomic E-state index is 0.0123. The molecule has 0 aliphatic rings. The van der Waals surface area contributed by atoms with Gasteiger partial charge in [0.05, 0.1) is 13.2 Å². The Kier molecular flexibility index (Phi) is 6.33. The van der Waals surface area contributed by atoms with Crippen molar-refractivity contribution in [3.05, 3.63) is 34.3 Å². The van der Waals surface area contributed by atoms with Crippen molar-refractivity contribution in [2.24, 2.45) is 5.92 Å². The van der Waals surface area contributed by atoms with Crippen molar-refractivity contribution in [2.75, 3.05) is 13.2 Å². The molecule has 0 radical (unpaired) electrons. The van der Waals surface area contributed by atoms with Crippen LogP contribution < -0.4 is 0 Å². The maximum absolute atomic E-state index is 9.77. The van der Waals surface area contributed by atoms with E-state index in [1.165, 1.54) is 0 Å². The first-order valence-corrected chi connectivity index (χ1v) is 7.39. The quantitative estimate of drug-likeness (QED) is 0.808. The van der Waals surface area contributed by atoms with Crippen molar-refractivity contribution in [3.63, 3.8) is 0 Å². The van der Waals surface area contributed by atoms with Crippen molar-refractivity contribution in [1.82, 2.24) is 0 Å². The molecule has 0 amide bonds. The fourth-order valence-corrected chi connectivity index (χ4v) is 2.68. The summed E-state index contributed by atoms with van der Waals surface area (Å²) >= 11 is 3.41. The lowest BCUT2D eigenvalue weighted by molar-refractivity contribution is 0.0934. The molecule has 1 aromatic rings. The zero-order chi connectivity index (χ0) is 13.6. The van der Waals surface area contributed by atoms with Crippen LogP contribution in [0.5, 0.6) is 0 Å². The molecule has 3 heteroatoms. The zero-order valence-electron chi connectivity index (χ0n) is 11.2. The SMILES string of the molecule is CCC(CC)CC(CO)(CO)c1ccc(Br)cc1. The lowest BCUT2D eigenvalue weighted by atomic mass is 9.73. The van der Waals surface area contributed by atoms with Crippen LogP contribution in [0.2, 0.25) is 0 Å². The number of aliphatic hydroxyl groups is 2. The van der Waals surface area contributed by atoms with Crippen LogP contribution in [-0.4, -0.2) is 23.4 Å². The van der Waals surface area contributed by atoms with Crippen LogP contribution in [0.1, 0.15) is 38.7 Å². The highest BCUT2D eigenvalue weighted by Gasteiger charge is 2.33. The van der Waals surface area contributed by atoms with Crippen LogP contribution in [0.15, 0.2) is 28.7 Å². The van der Waals surface area contributed by atoms with Gasteiger partial charge in [-0.15, -0.1) is 0 Å². The summed E-state index contributed by atoms with van der Waals surface area (Å²) in [4.78, 5) is 0. The van der Waals surface area contributed by atoms with Crippen LogP contribution >= 0.6 is 15.9 Å². The second-order valence-electron chi connectivity index (χ2n) is 4.99. The van der Waals surface area contributed by atoms with Crippen molar-refractivity contribution in [3.8, 4) is 0 Å². The predicted molar refractivity (Wildman–Crippen MR) is 78.7 cm³/mol. The van der Waals surface area contributed by atoms with Crippen LogP contribution in [0.3, 0.4) is 0 Å². The Labute approximate surface area is 118 Å². The molecule has 0 aliphatic carbocycles. The van der Waals surface area contributed by atoms with Gasteiger partial charge < -0.3 is 10.2 Å². The smallest absolute Gasteiger partial charge is 0.0550 e. The van der Waals surface area contributed by atoms with E-state index in [4.69, 9.17) is 0 Å². The van der Waals surface area contributed by atoms with E-state index >= 15 is 0 Å². The fourth-order valence-electron chi connectivity index (χ4n) is 2.41. The largest absolute Gasteiger partial charge is 0.395 e. The van der Waals surface area contributed by atoms with E-state index in [-0.39, 0.29) is 13.2 Å². The van der Waals surface area contributed by atoms with Crippen molar-refractivity contribution >= 4 is 15.9 Å². The van der Waals surface area contributed by atoms with E-state index in [0.717, 1.165) is 29.3 Å². The maximum Gasteiger partial charge on any atom is 0.0550 e. The molecule has 0 saturated carbocycles. The molecule has 0 aromatic heterocycles. The molecule has 0 atom stereocenters. The summed E-state index contributed by atoms with van der Waals surface area (Å²) in [6.45, 7) is 4.30. The number of hydrogen-bond donors (Lipinski definition) is 2. The Morgan fingerprint density at radius 3 is 1.94 bits per heavy atom. The van der Waals surface area contributed by atoms with E-state index < -0.39 is 5.41 Å². The summed E-state index contributed by atoms with van der Waals surface area (Å²) < 4.78 is 1.01. The molecule has 18 heavy (non-hydrogen) atoms. The first kappa shape index (κ1) is 15.7. The van der Waals surface area contributed by atoms with Crippen molar-refractivity contribution in [2.45, 2.75) is 38.5 Å². The van der Waals surface area contributed by atoms with E-state index in [9.17, 15) is 10.2 Å². The molecule has 2 nitrogen and oxygen atoms in total. The van der Waals surface area contributed by atoms with Crippen LogP contribution in [-0.2, 0) is 5.41 Å². The summed E-state index contributed by atoms with van der Waals surface area (Å²) in [5.41, 5.74) is 0.500. The summed E-state index contributed by atoms with van der Waals surface area (Å²) in [6.07, 6.45) is 2.98. The van der Waals surface area contributed by atoms with Gasteiger partial charge in [-0.25, -0.2) is 0 Å². The summed E-state index contributed by atoms with van der Waals surface area (Å²) in [7, 11) is 0. The van der Waals surface area contributed by atoms with Gasteiger partial charge in [0.15, 0.2) is 0 Å². The van der Waals surface area contributed by atoms with Gasteiger partial charge in [-0.05, 0) is 30.0 Å². The highest BCUT2D eigenvalue weighted by atomic mass is 79.9. The topological polar surface area (TPSA) is 40.5 Å². The summed E-state index contributed by atoms with van der Waals surface area (Å²) in [5.74, 6) is 0.535. The average molecular weight is 315 g/mol. The first-order valence-electron chi connectivity index (χ1n) is 6.59. The van der Waals surface area contributed by atoms with Crippen molar-refractivity contribution in [1.29, 1.82) is 0 Å². The Hall–Kier alpha value is -0.380. The molecule has 102 valence electrons. The third-order valence-electron chi connectivity index (χ3n) is 3.90. The minimum Gasteiger partial charge on any atom is -0.395 e. The number of benzene rings is 1. The van der Waals surface area contributed by atoms with Crippen molar-refractivity contribution < 1.29 is 10.2 Å². The molecule has 0 unspecified atom stereocenters. The predicted octanol–water partition coefficient (Wildman–Crippen LogP) is 3.50. The van der Waals surface area contributed by atoms with Crippen LogP contribution in [0.25, 0.3) is 0 Å². The third kappa shape index (κ3) is 3.56. The molecule has 1 aromatic carbocycles. The molecule has 0 heterocycles. The zero-order valence-corrected chi connectivity index (χ0v) is 12.8. The highest BCUT2D eigenvalue weighted by molar-refractivity contribution is 9.10. The van der Waals surface area contributed by atoms with Gasteiger partial charge in [-0.3, -0.25) is 0 Å². The Bertz CT molecular complexity index is 340. The van der Waals surface area contributed by atoms with Gasteiger partial charge in [0.1, 0.15) is 0 Å². The minimum atomic E-state index is -0.516. The van der Waals surface area contributed by atoms with Gasteiger partial charge in [0.25, 0.3) is 0 Å². The number of rotatable bonds is 7. The molecule has 0 aliphatic heterocycles. The molecule has 0 spiro atoms. The van der Waals surface area contributed by atoms with E-state index in [1.54, 1.807) is 0 Å². The van der Waals surface area contributed by atoms with E-state index in [1.807, 2.05) is 24.3 Å². The van der Waals surface area contributed by atoms with Gasteiger partial charge in [0, 0.05) is 9.89 Å². The highest BCUT2D eigenvalue weighted by Crippen LogP contribution is 2.33. The molecule has 0 saturated heterocycles. The number of halogens is 1. The molecule has 2 N–H and O–H groups in total. The van der Waals surface area contributed by atoms with Gasteiger partial charge in [0.2, 0.25) is 0 Å². The third-order valence-corrected chi connectivity index (χ3v) is 4.42. The molecule has 0 bridgehead atoms. The average Bonchev–Trinajstić information content (AvgIpc) is 2.42. The molecular weight excluding hydrogens is 292 g/mol. The van der Waals surface area contributed by atoms with Gasteiger partial charge in [-0.2, -0.15) is 0 Å². The summed E-state index contributed by atoms with van der Waals surface area (Å²) in [6, 6.07) is 7.89. The standard InChI is InChI=1S/C15H23BrO2/c1-3-12(4-2)9-15(10-17,11-18)13-5-7-14(16)8-6-13/h5-8,12,17-18H,3-4,9-11H2,1-2H3. The van der Waals surface area contributed by atoms with Crippen LogP contribution in [0, 0.1) is 5.92 Å². The Morgan fingerprint density at radius 2 is 1.56 bits per heavy atom. The number of hydrogen-bond acceptors (Lipinski definition) is 2. The molecular formula is C15H23BrO2. The Morgan fingerprint density at radius 1 is 1.06 bits per heavy atom.